The first-order valence-electron chi connectivity index (χ1n) is 9.68. The molecule has 1 amide bonds. The first-order chi connectivity index (χ1) is 13.1. The Hall–Kier alpha value is -2.69. The molecule has 0 atom stereocenters. The quantitative estimate of drug-likeness (QED) is 0.742. The van der Waals surface area contributed by atoms with Crippen molar-refractivity contribution in [2.24, 2.45) is 0 Å². The van der Waals surface area contributed by atoms with Crippen LogP contribution < -0.4 is 5.32 Å². The Morgan fingerprint density at radius 1 is 1.19 bits per heavy atom. The summed E-state index contributed by atoms with van der Waals surface area (Å²) < 4.78 is 0. The third-order valence-electron chi connectivity index (χ3n) is 4.80. The van der Waals surface area contributed by atoms with Gasteiger partial charge in [0.1, 0.15) is 5.69 Å². The van der Waals surface area contributed by atoms with Crippen LogP contribution in [0.2, 0.25) is 0 Å². The predicted octanol–water partition coefficient (Wildman–Crippen LogP) is 4.36. The third-order valence-corrected chi connectivity index (χ3v) is 4.80. The predicted molar refractivity (Wildman–Crippen MR) is 109 cm³/mol. The molecule has 5 nitrogen and oxygen atoms in total. The minimum Gasteiger partial charge on any atom is -0.354 e. The average Bonchev–Trinajstić information content (AvgIpc) is 2.68. The van der Waals surface area contributed by atoms with E-state index in [1.165, 1.54) is 31.3 Å². The number of carbonyl (C=O) groups excluding carboxylic acids is 1. The number of allylic oxidation sites excluding steroid dienone is 1. The van der Waals surface area contributed by atoms with Crippen LogP contribution in [0.3, 0.4) is 0 Å². The number of hydrogen-bond acceptors (Lipinski definition) is 4. The van der Waals surface area contributed by atoms with Gasteiger partial charge in [0.05, 0.1) is 0 Å². The number of hydrogen-bond donors (Lipinski definition) is 1. The van der Waals surface area contributed by atoms with E-state index in [9.17, 15) is 4.79 Å². The van der Waals surface area contributed by atoms with E-state index < -0.39 is 0 Å². The van der Waals surface area contributed by atoms with Gasteiger partial charge in [0.2, 0.25) is 5.95 Å². The number of aromatic nitrogens is 2. The first-order valence-corrected chi connectivity index (χ1v) is 9.68. The molecule has 0 bridgehead atoms. The second-order valence-electron chi connectivity index (χ2n) is 7.15. The van der Waals surface area contributed by atoms with E-state index >= 15 is 0 Å². The fourth-order valence-electron chi connectivity index (χ4n) is 3.35. The summed E-state index contributed by atoms with van der Waals surface area (Å²) in [6.45, 7) is 3.24. The lowest BCUT2D eigenvalue weighted by molar-refractivity contribution is 0.0779. The van der Waals surface area contributed by atoms with E-state index in [1.807, 2.05) is 37.3 Å². The van der Waals surface area contributed by atoms with Gasteiger partial charge in [0.25, 0.3) is 5.91 Å². The van der Waals surface area contributed by atoms with Crippen molar-refractivity contribution in [2.45, 2.75) is 45.6 Å². The van der Waals surface area contributed by atoms with Crippen molar-refractivity contribution in [3.05, 3.63) is 65.0 Å². The molecule has 2 aromatic rings. The highest BCUT2D eigenvalue weighted by molar-refractivity contribution is 5.92. The average molecular weight is 364 g/mol. The van der Waals surface area contributed by atoms with Crippen LogP contribution in [-0.4, -0.2) is 34.4 Å². The van der Waals surface area contributed by atoms with Crippen LogP contribution in [-0.2, 0) is 6.54 Å². The second-order valence-corrected chi connectivity index (χ2v) is 7.15. The highest BCUT2D eigenvalue weighted by Gasteiger charge is 2.15. The van der Waals surface area contributed by atoms with Gasteiger partial charge in [-0.2, -0.15) is 0 Å². The molecule has 0 fully saturated rings. The van der Waals surface area contributed by atoms with Gasteiger partial charge in [-0.25, -0.2) is 9.97 Å². The Balaban J connectivity index is 1.61. The fraction of sp³-hybridized carbons (Fsp3) is 0.409. The van der Waals surface area contributed by atoms with Gasteiger partial charge in [-0.3, -0.25) is 4.79 Å². The zero-order valence-electron chi connectivity index (χ0n) is 16.2. The topological polar surface area (TPSA) is 58.1 Å². The van der Waals surface area contributed by atoms with Crippen LogP contribution in [0.5, 0.6) is 0 Å². The number of nitrogens with one attached hydrogen (secondary N) is 1. The van der Waals surface area contributed by atoms with Crippen LogP contribution in [0.4, 0.5) is 5.95 Å². The SMILES string of the molecule is Cc1cc(C(=O)N(C)Cc2ccccc2)nc(NCCC2=CCCCC2)n1. The standard InChI is InChI=1S/C22H28N4O/c1-17-15-20(21(27)26(2)16-19-11-7-4-8-12-19)25-22(24-17)23-14-13-18-9-5-3-6-10-18/h4,7-9,11-12,15H,3,5-6,10,13-14,16H2,1-2H3,(H,23,24,25). The minimum atomic E-state index is -0.0950. The summed E-state index contributed by atoms with van der Waals surface area (Å²) in [7, 11) is 1.80. The number of amides is 1. The van der Waals surface area contributed by atoms with Crippen molar-refractivity contribution in [3.63, 3.8) is 0 Å². The number of anilines is 1. The highest BCUT2D eigenvalue weighted by Crippen LogP contribution is 2.20. The number of aryl methyl sites for hydroxylation is 1. The maximum atomic E-state index is 12.8. The smallest absolute Gasteiger partial charge is 0.272 e. The Kier molecular flexibility index (Phi) is 6.58. The van der Waals surface area contributed by atoms with Crippen molar-refractivity contribution in [3.8, 4) is 0 Å². The molecule has 0 saturated heterocycles. The van der Waals surface area contributed by atoms with Crippen LogP contribution in [0.15, 0.2) is 48.0 Å². The summed E-state index contributed by atoms with van der Waals surface area (Å²) in [5.74, 6) is 0.435. The molecular formula is C22H28N4O. The molecule has 142 valence electrons. The molecule has 0 spiro atoms. The molecule has 1 aromatic carbocycles. The minimum absolute atomic E-state index is 0.0950. The van der Waals surface area contributed by atoms with Crippen molar-refractivity contribution in [2.75, 3.05) is 18.9 Å². The Morgan fingerprint density at radius 3 is 2.74 bits per heavy atom. The Labute approximate surface area is 161 Å². The summed E-state index contributed by atoms with van der Waals surface area (Å²) in [5, 5.41) is 3.28. The molecule has 1 heterocycles. The normalized spacial score (nSPS) is 13.8. The number of rotatable bonds is 7. The number of nitrogens with zero attached hydrogens (tertiary/aromatic N) is 3. The molecule has 0 aliphatic heterocycles. The largest absolute Gasteiger partial charge is 0.354 e. The molecule has 5 heteroatoms. The van der Waals surface area contributed by atoms with E-state index in [1.54, 1.807) is 18.0 Å². The lowest BCUT2D eigenvalue weighted by Crippen LogP contribution is -2.27. The Morgan fingerprint density at radius 2 is 2.00 bits per heavy atom. The second kappa shape index (κ2) is 9.31. The zero-order chi connectivity index (χ0) is 19.1. The van der Waals surface area contributed by atoms with E-state index in [2.05, 4.69) is 21.4 Å². The third kappa shape index (κ3) is 5.64. The van der Waals surface area contributed by atoms with Crippen molar-refractivity contribution in [1.82, 2.24) is 14.9 Å². The molecule has 3 rings (SSSR count). The van der Waals surface area contributed by atoms with E-state index in [-0.39, 0.29) is 5.91 Å². The van der Waals surface area contributed by atoms with Gasteiger partial charge < -0.3 is 10.2 Å². The molecule has 1 aliphatic carbocycles. The summed E-state index contributed by atoms with van der Waals surface area (Å²) in [4.78, 5) is 23.3. The zero-order valence-corrected chi connectivity index (χ0v) is 16.2. The molecule has 0 unspecified atom stereocenters. The fourth-order valence-corrected chi connectivity index (χ4v) is 3.35. The van der Waals surface area contributed by atoms with Gasteiger partial charge in [0.15, 0.2) is 0 Å². The van der Waals surface area contributed by atoms with E-state index in [0.717, 1.165) is 24.2 Å². The van der Waals surface area contributed by atoms with Gasteiger partial charge in [-0.15, -0.1) is 0 Å². The van der Waals surface area contributed by atoms with Crippen LogP contribution in [0.1, 0.15) is 53.8 Å². The number of carbonyl (C=O) groups is 1. The number of benzene rings is 1. The monoisotopic (exact) mass is 364 g/mol. The van der Waals surface area contributed by atoms with Gasteiger partial charge in [0, 0.05) is 25.8 Å². The molecule has 27 heavy (non-hydrogen) atoms. The molecule has 0 saturated carbocycles. The lowest BCUT2D eigenvalue weighted by Gasteiger charge is -2.17. The van der Waals surface area contributed by atoms with Crippen LogP contribution >= 0.6 is 0 Å². The molecule has 0 radical (unpaired) electrons. The van der Waals surface area contributed by atoms with E-state index in [0.29, 0.717) is 18.2 Å². The van der Waals surface area contributed by atoms with Gasteiger partial charge >= 0.3 is 0 Å². The molecule has 1 N–H and O–H groups in total. The van der Waals surface area contributed by atoms with Gasteiger partial charge in [-0.1, -0.05) is 42.0 Å². The first kappa shape index (κ1) is 19.1. The summed E-state index contributed by atoms with van der Waals surface area (Å²) in [6, 6.07) is 11.7. The molecular weight excluding hydrogens is 336 g/mol. The highest BCUT2D eigenvalue weighted by atomic mass is 16.2. The lowest BCUT2D eigenvalue weighted by atomic mass is 9.97. The summed E-state index contributed by atoms with van der Waals surface area (Å²) in [5.41, 5.74) is 3.83. The van der Waals surface area contributed by atoms with E-state index in [4.69, 9.17) is 0 Å². The molecule has 1 aromatic heterocycles. The van der Waals surface area contributed by atoms with Gasteiger partial charge in [-0.05, 0) is 50.7 Å². The van der Waals surface area contributed by atoms with Crippen molar-refractivity contribution < 1.29 is 4.79 Å². The maximum absolute atomic E-state index is 12.8. The van der Waals surface area contributed by atoms with Crippen molar-refractivity contribution >= 4 is 11.9 Å². The molecule has 1 aliphatic rings. The van der Waals surface area contributed by atoms with Crippen LogP contribution in [0.25, 0.3) is 0 Å². The van der Waals surface area contributed by atoms with Crippen molar-refractivity contribution in [1.29, 1.82) is 0 Å². The Bertz CT molecular complexity index is 801. The van der Waals surface area contributed by atoms with Crippen LogP contribution in [0, 0.1) is 6.92 Å². The maximum Gasteiger partial charge on any atom is 0.272 e. The summed E-state index contributed by atoms with van der Waals surface area (Å²) >= 11 is 0. The summed E-state index contributed by atoms with van der Waals surface area (Å²) in [6.07, 6.45) is 8.36.